The highest BCUT2D eigenvalue weighted by Crippen LogP contribution is 2.33. The standard InChI is InChI=1S/C16H26N2O5S/c19-15(20)11-12-3-7-17(8-4-12)16(21)13-5-9-18(10-6-13)24(22,23)14-1-2-14/h12-14H,1-11H2,(H,19,20). The minimum Gasteiger partial charge on any atom is -0.481 e. The van der Waals surface area contributed by atoms with Crippen molar-refractivity contribution in [1.29, 1.82) is 0 Å². The molecule has 3 rings (SSSR count). The van der Waals surface area contributed by atoms with E-state index in [4.69, 9.17) is 5.11 Å². The van der Waals surface area contributed by atoms with Crippen LogP contribution in [0, 0.1) is 11.8 Å². The van der Waals surface area contributed by atoms with Crippen molar-refractivity contribution in [3.8, 4) is 0 Å². The predicted octanol–water partition coefficient (Wildman–Crippen LogP) is 0.904. The van der Waals surface area contributed by atoms with Gasteiger partial charge in [-0.25, -0.2) is 12.7 Å². The smallest absolute Gasteiger partial charge is 0.303 e. The maximum atomic E-state index is 12.6. The van der Waals surface area contributed by atoms with Crippen molar-refractivity contribution in [2.24, 2.45) is 11.8 Å². The van der Waals surface area contributed by atoms with E-state index in [1.807, 2.05) is 4.90 Å². The molecule has 1 saturated carbocycles. The Morgan fingerprint density at radius 1 is 0.917 bits per heavy atom. The summed E-state index contributed by atoms with van der Waals surface area (Å²) >= 11 is 0. The number of carboxylic acids is 1. The number of carbonyl (C=O) groups excluding carboxylic acids is 1. The molecule has 136 valence electrons. The van der Waals surface area contributed by atoms with Gasteiger partial charge in [-0.15, -0.1) is 0 Å². The van der Waals surface area contributed by atoms with Crippen LogP contribution in [0.25, 0.3) is 0 Å². The second-order valence-electron chi connectivity index (χ2n) is 7.28. The Labute approximate surface area is 143 Å². The fourth-order valence-electron chi connectivity index (χ4n) is 3.80. The third-order valence-electron chi connectivity index (χ3n) is 5.50. The highest BCUT2D eigenvalue weighted by molar-refractivity contribution is 7.90. The number of carbonyl (C=O) groups is 2. The fraction of sp³-hybridized carbons (Fsp3) is 0.875. The SMILES string of the molecule is O=C(O)CC1CCN(C(=O)C2CCN(S(=O)(=O)C3CC3)CC2)CC1. The van der Waals surface area contributed by atoms with E-state index in [9.17, 15) is 18.0 Å². The Balaban J connectivity index is 1.46. The summed E-state index contributed by atoms with van der Waals surface area (Å²) < 4.78 is 26.0. The normalized spacial score (nSPS) is 24.9. The number of hydrogen-bond donors (Lipinski definition) is 1. The van der Waals surface area contributed by atoms with Crippen molar-refractivity contribution in [2.75, 3.05) is 26.2 Å². The zero-order valence-corrected chi connectivity index (χ0v) is 14.7. The molecule has 2 saturated heterocycles. The van der Waals surface area contributed by atoms with Crippen molar-refractivity contribution in [1.82, 2.24) is 9.21 Å². The van der Waals surface area contributed by atoms with Gasteiger partial charge in [0.25, 0.3) is 0 Å². The Hall–Kier alpha value is -1.15. The second kappa shape index (κ2) is 7.00. The lowest BCUT2D eigenvalue weighted by atomic mass is 9.91. The third-order valence-corrected chi connectivity index (χ3v) is 7.90. The van der Waals surface area contributed by atoms with Gasteiger partial charge in [-0.1, -0.05) is 0 Å². The molecule has 1 aliphatic carbocycles. The molecule has 0 aromatic rings. The lowest BCUT2D eigenvalue weighted by Crippen LogP contribution is -2.47. The maximum absolute atomic E-state index is 12.6. The largest absolute Gasteiger partial charge is 0.481 e. The van der Waals surface area contributed by atoms with Gasteiger partial charge in [-0.05, 0) is 44.4 Å². The molecule has 0 unspecified atom stereocenters. The van der Waals surface area contributed by atoms with Gasteiger partial charge in [-0.2, -0.15) is 0 Å². The summed E-state index contributed by atoms with van der Waals surface area (Å²) in [5.41, 5.74) is 0. The summed E-state index contributed by atoms with van der Waals surface area (Å²) in [5, 5.41) is 8.66. The number of hydrogen-bond acceptors (Lipinski definition) is 4. The van der Waals surface area contributed by atoms with E-state index < -0.39 is 16.0 Å². The molecule has 24 heavy (non-hydrogen) atoms. The third kappa shape index (κ3) is 3.91. The molecule has 0 bridgehead atoms. The van der Waals surface area contributed by atoms with Crippen LogP contribution in [0.4, 0.5) is 0 Å². The Bertz CT molecular complexity index is 586. The van der Waals surface area contributed by atoms with E-state index in [1.165, 1.54) is 0 Å². The minimum atomic E-state index is -3.13. The van der Waals surface area contributed by atoms with Gasteiger partial charge >= 0.3 is 5.97 Å². The molecule has 0 spiro atoms. The quantitative estimate of drug-likeness (QED) is 0.788. The highest BCUT2D eigenvalue weighted by atomic mass is 32.2. The molecule has 1 amide bonds. The summed E-state index contributed by atoms with van der Waals surface area (Å²) in [6.45, 7) is 2.14. The zero-order chi connectivity index (χ0) is 17.3. The van der Waals surface area contributed by atoms with Gasteiger partial charge < -0.3 is 10.0 Å². The maximum Gasteiger partial charge on any atom is 0.303 e. The van der Waals surface area contributed by atoms with Crippen LogP contribution in [0.3, 0.4) is 0 Å². The topological polar surface area (TPSA) is 95.0 Å². The first-order chi connectivity index (χ1) is 11.4. The van der Waals surface area contributed by atoms with Crippen molar-refractivity contribution < 1.29 is 23.1 Å². The van der Waals surface area contributed by atoms with Crippen LogP contribution in [0.15, 0.2) is 0 Å². The number of likely N-dealkylation sites (tertiary alicyclic amines) is 1. The number of nitrogens with zero attached hydrogens (tertiary/aromatic N) is 2. The molecule has 0 aromatic heterocycles. The van der Waals surface area contributed by atoms with Crippen LogP contribution < -0.4 is 0 Å². The van der Waals surface area contributed by atoms with Crippen molar-refractivity contribution >= 4 is 21.9 Å². The Morgan fingerprint density at radius 2 is 1.50 bits per heavy atom. The van der Waals surface area contributed by atoms with Crippen LogP contribution in [0.5, 0.6) is 0 Å². The van der Waals surface area contributed by atoms with Gasteiger partial charge in [-0.3, -0.25) is 9.59 Å². The summed E-state index contributed by atoms with van der Waals surface area (Å²) in [5.74, 6) is -0.583. The first kappa shape index (κ1) is 17.7. The monoisotopic (exact) mass is 358 g/mol. The lowest BCUT2D eigenvalue weighted by Gasteiger charge is -2.36. The summed E-state index contributed by atoms with van der Waals surface area (Å²) in [7, 11) is -3.13. The number of amides is 1. The number of sulfonamides is 1. The molecule has 0 atom stereocenters. The molecule has 2 heterocycles. The summed E-state index contributed by atoms with van der Waals surface area (Å²) in [4.78, 5) is 25.2. The van der Waals surface area contributed by atoms with Gasteiger partial charge in [0.05, 0.1) is 5.25 Å². The second-order valence-corrected chi connectivity index (χ2v) is 9.50. The predicted molar refractivity (Wildman–Crippen MR) is 87.8 cm³/mol. The first-order valence-electron chi connectivity index (χ1n) is 8.87. The molecule has 1 N–H and O–H groups in total. The Morgan fingerprint density at radius 3 is 2.00 bits per heavy atom. The molecule has 8 heteroatoms. The van der Waals surface area contributed by atoms with E-state index in [-0.39, 0.29) is 29.4 Å². The van der Waals surface area contributed by atoms with E-state index in [0.29, 0.717) is 39.0 Å². The fourth-order valence-corrected chi connectivity index (χ4v) is 5.67. The van der Waals surface area contributed by atoms with Crippen LogP contribution in [-0.2, 0) is 19.6 Å². The highest BCUT2D eigenvalue weighted by Gasteiger charge is 2.42. The summed E-state index contributed by atoms with van der Waals surface area (Å²) in [6, 6.07) is 0. The zero-order valence-electron chi connectivity index (χ0n) is 13.9. The molecule has 0 radical (unpaired) electrons. The van der Waals surface area contributed by atoms with E-state index in [1.54, 1.807) is 4.31 Å². The van der Waals surface area contributed by atoms with E-state index in [2.05, 4.69) is 0 Å². The molecule has 3 aliphatic rings. The number of aliphatic carboxylic acids is 1. The molecular formula is C16H26N2O5S. The molecule has 2 aliphatic heterocycles. The average Bonchev–Trinajstić information content (AvgIpc) is 3.40. The van der Waals surface area contributed by atoms with Gasteiger partial charge in [0, 0.05) is 38.5 Å². The summed E-state index contributed by atoms with van der Waals surface area (Å²) in [6.07, 6.45) is 4.40. The molecule has 3 fully saturated rings. The van der Waals surface area contributed by atoms with Crippen molar-refractivity contribution in [3.63, 3.8) is 0 Å². The minimum absolute atomic E-state index is 0.0910. The van der Waals surface area contributed by atoms with Crippen LogP contribution >= 0.6 is 0 Å². The van der Waals surface area contributed by atoms with Gasteiger partial charge in [0.1, 0.15) is 0 Å². The molecule has 7 nitrogen and oxygen atoms in total. The van der Waals surface area contributed by atoms with Crippen molar-refractivity contribution in [3.05, 3.63) is 0 Å². The van der Waals surface area contributed by atoms with Gasteiger partial charge in [0.2, 0.25) is 15.9 Å². The number of rotatable bonds is 5. The molecular weight excluding hydrogens is 332 g/mol. The molecule has 0 aromatic carbocycles. The number of carboxylic acid groups (broad SMARTS) is 1. The van der Waals surface area contributed by atoms with Crippen LogP contribution in [-0.4, -0.2) is 66.0 Å². The van der Waals surface area contributed by atoms with E-state index in [0.717, 1.165) is 25.7 Å². The number of piperidine rings is 2. The van der Waals surface area contributed by atoms with Crippen LogP contribution in [0.2, 0.25) is 0 Å². The first-order valence-corrected chi connectivity index (χ1v) is 10.4. The lowest BCUT2D eigenvalue weighted by molar-refractivity contribution is -0.140. The van der Waals surface area contributed by atoms with E-state index >= 15 is 0 Å². The average molecular weight is 358 g/mol. The van der Waals surface area contributed by atoms with Crippen molar-refractivity contribution in [2.45, 2.75) is 50.2 Å². The van der Waals surface area contributed by atoms with Gasteiger partial charge in [0.15, 0.2) is 0 Å². The Kier molecular flexibility index (Phi) is 5.15. The van der Waals surface area contributed by atoms with Crippen LogP contribution in [0.1, 0.15) is 44.9 Å².